The summed E-state index contributed by atoms with van der Waals surface area (Å²) in [6, 6.07) is 8.81. The molecule has 2 rings (SSSR count). The highest BCUT2D eigenvalue weighted by atomic mass is 16.2. The molecule has 0 unspecified atom stereocenters. The van der Waals surface area contributed by atoms with Gasteiger partial charge in [-0.2, -0.15) is 0 Å². The number of nitrogens with zero attached hydrogens (tertiary/aromatic N) is 1. The van der Waals surface area contributed by atoms with Crippen molar-refractivity contribution in [3.63, 3.8) is 0 Å². The maximum Gasteiger partial charge on any atom is 0.241 e. The van der Waals surface area contributed by atoms with Crippen molar-refractivity contribution in [2.24, 2.45) is 0 Å². The average Bonchev–Trinajstić information content (AvgIpc) is 2.53. The molecule has 3 heteroatoms. The van der Waals surface area contributed by atoms with Gasteiger partial charge in [0, 0.05) is 18.8 Å². The van der Waals surface area contributed by atoms with Gasteiger partial charge in [-0.15, -0.1) is 0 Å². The molecule has 0 spiro atoms. The molecule has 0 heterocycles. The summed E-state index contributed by atoms with van der Waals surface area (Å²) in [6.07, 6.45) is 6.15. The number of nitrogens with one attached hydrogen (secondary N) is 1. The van der Waals surface area contributed by atoms with E-state index in [1.54, 1.807) is 0 Å². The topological polar surface area (TPSA) is 32.3 Å². The number of hydrogen-bond acceptors (Lipinski definition) is 2. The predicted octanol–water partition coefficient (Wildman–Crippen LogP) is 4.01. The second kappa shape index (κ2) is 7.48. The number of likely N-dealkylation sites (N-methyl/N-ethyl adjacent to an activating group) is 1. The Morgan fingerprint density at radius 3 is 2.38 bits per heavy atom. The van der Waals surface area contributed by atoms with E-state index in [0.29, 0.717) is 18.5 Å². The fraction of sp³-hybridized carbons (Fsp3) is 0.611. The molecular formula is C18H28N2O. The summed E-state index contributed by atoms with van der Waals surface area (Å²) in [6.45, 7) is 4.75. The molecule has 1 saturated carbocycles. The summed E-state index contributed by atoms with van der Waals surface area (Å²) >= 11 is 0. The Morgan fingerprint density at radius 1 is 1.19 bits per heavy atom. The van der Waals surface area contributed by atoms with Gasteiger partial charge in [-0.3, -0.25) is 4.79 Å². The first kappa shape index (κ1) is 15.9. The first-order valence-electron chi connectivity index (χ1n) is 8.17. The minimum Gasteiger partial charge on any atom is -0.376 e. The van der Waals surface area contributed by atoms with Crippen molar-refractivity contribution in [2.75, 3.05) is 18.9 Å². The monoisotopic (exact) mass is 288 g/mol. The van der Waals surface area contributed by atoms with Crippen LogP contribution in [0.3, 0.4) is 0 Å². The van der Waals surface area contributed by atoms with E-state index in [0.717, 1.165) is 18.5 Å². The minimum absolute atomic E-state index is 0.190. The molecule has 1 aromatic rings. The molecule has 0 atom stereocenters. The van der Waals surface area contributed by atoms with Gasteiger partial charge < -0.3 is 10.2 Å². The van der Waals surface area contributed by atoms with Crippen LogP contribution in [-0.2, 0) is 4.79 Å². The van der Waals surface area contributed by atoms with E-state index in [-0.39, 0.29) is 5.91 Å². The summed E-state index contributed by atoms with van der Waals surface area (Å²) < 4.78 is 0. The largest absolute Gasteiger partial charge is 0.376 e. The lowest BCUT2D eigenvalue weighted by atomic mass is 9.94. The quantitative estimate of drug-likeness (QED) is 0.887. The van der Waals surface area contributed by atoms with Crippen LogP contribution in [0, 0.1) is 0 Å². The molecule has 1 amide bonds. The summed E-state index contributed by atoms with van der Waals surface area (Å²) in [4.78, 5) is 14.2. The van der Waals surface area contributed by atoms with Crippen molar-refractivity contribution < 1.29 is 4.79 Å². The molecule has 0 radical (unpaired) electrons. The van der Waals surface area contributed by atoms with Crippen LogP contribution in [0.2, 0.25) is 0 Å². The van der Waals surface area contributed by atoms with Crippen molar-refractivity contribution in [2.45, 2.75) is 57.9 Å². The molecule has 1 aliphatic rings. The fourth-order valence-corrected chi connectivity index (χ4v) is 2.96. The van der Waals surface area contributed by atoms with Crippen LogP contribution in [0.15, 0.2) is 24.3 Å². The minimum atomic E-state index is 0.190. The van der Waals surface area contributed by atoms with Crippen LogP contribution < -0.4 is 5.32 Å². The third kappa shape index (κ3) is 4.48. The first-order valence-corrected chi connectivity index (χ1v) is 8.17. The molecule has 0 bridgehead atoms. The van der Waals surface area contributed by atoms with Crippen LogP contribution in [-0.4, -0.2) is 30.4 Å². The molecule has 1 fully saturated rings. The Hall–Kier alpha value is -1.51. The summed E-state index contributed by atoms with van der Waals surface area (Å²) in [5, 5.41) is 3.24. The molecule has 0 aliphatic heterocycles. The second-order valence-electron chi connectivity index (χ2n) is 6.43. The smallest absolute Gasteiger partial charge is 0.241 e. The van der Waals surface area contributed by atoms with Crippen molar-refractivity contribution in [3.8, 4) is 0 Å². The van der Waals surface area contributed by atoms with E-state index in [2.05, 4.69) is 43.4 Å². The lowest BCUT2D eigenvalue weighted by Crippen LogP contribution is -2.41. The SMILES string of the molecule is CC(C)c1ccc(NCC(=O)N(C)C2CCCCC2)cc1. The molecule has 1 N–H and O–H groups in total. The van der Waals surface area contributed by atoms with Gasteiger partial charge in [-0.1, -0.05) is 45.2 Å². The Bertz CT molecular complexity index is 447. The molecule has 0 saturated heterocycles. The van der Waals surface area contributed by atoms with Crippen LogP contribution in [0.1, 0.15) is 57.4 Å². The van der Waals surface area contributed by atoms with Crippen molar-refractivity contribution in [1.29, 1.82) is 0 Å². The molecule has 21 heavy (non-hydrogen) atoms. The lowest BCUT2D eigenvalue weighted by Gasteiger charge is -2.31. The summed E-state index contributed by atoms with van der Waals surface area (Å²) in [5.74, 6) is 0.730. The predicted molar refractivity (Wildman–Crippen MR) is 88.7 cm³/mol. The fourth-order valence-electron chi connectivity index (χ4n) is 2.96. The standard InChI is InChI=1S/C18H28N2O/c1-14(2)15-9-11-16(12-10-15)19-13-18(21)20(3)17-7-5-4-6-8-17/h9-12,14,17,19H,4-8,13H2,1-3H3. The lowest BCUT2D eigenvalue weighted by molar-refractivity contribution is -0.130. The second-order valence-corrected chi connectivity index (χ2v) is 6.43. The third-order valence-electron chi connectivity index (χ3n) is 4.54. The van der Waals surface area contributed by atoms with Crippen LogP contribution >= 0.6 is 0 Å². The highest BCUT2D eigenvalue weighted by Gasteiger charge is 2.21. The highest BCUT2D eigenvalue weighted by Crippen LogP contribution is 2.22. The van der Waals surface area contributed by atoms with Gasteiger partial charge >= 0.3 is 0 Å². The average molecular weight is 288 g/mol. The number of carbonyl (C=O) groups excluding carboxylic acids is 1. The molecule has 1 aliphatic carbocycles. The molecule has 0 aromatic heterocycles. The van der Waals surface area contributed by atoms with Gasteiger partial charge in [0.2, 0.25) is 5.91 Å². The van der Waals surface area contributed by atoms with Gasteiger partial charge in [-0.05, 0) is 36.5 Å². The number of anilines is 1. The first-order chi connectivity index (χ1) is 10.1. The number of benzene rings is 1. The zero-order chi connectivity index (χ0) is 15.2. The zero-order valence-corrected chi connectivity index (χ0v) is 13.6. The summed E-state index contributed by atoms with van der Waals surface area (Å²) in [7, 11) is 1.95. The van der Waals surface area contributed by atoms with E-state index >= 15 is 0 Å². The third-order valence-corrected chi connectivity index (χ3v) is 4.54. The molecule has 1 aromatic carbocycles. The van der Waals surface area contributed by atoms with Gasteiger partial charge in [-0.25, -0.2) is 0 Å². The maximum atomic E-state index is 12.3. The van der Waals surface area contributed by atoms with E-state index in [9.17, 15) is 4.79 Å². The van der Waals surface area contributed by atoms with Gasteiger partial charge in [0.05, 0.1) is 6.54 Å². The number of carbonyl (C=O) groups is 1. The molecule has 3 nitrogen and oxygen atoms in total. The number of amides is 1. The highest BCUT2D eigenvalue weighted by molar-refractivity contribution is 5.80. The van der Waals surface area contributed by atoms with E-state index in [1.807, 2.05) is 11.9 Å². The van der Waals surface area contributed by atoms with Crippen LogP contribution in [0.25, 0.3) is 0 Å². The van der Waals surface area contributed by atoms with Crippen molar-refractivity contribution in [1.82, 2.24) is 4.90 Å². The van der Waals surface area contributed by atoms with Crippen molar-refractivity contribution >= 4 is 11.6 Å². The van der Waals surface area contributed by atoms with E-state index in [1.165, 1.54) is 24.8 Å². The van der Waals surface area contributed by atoms with Gasteiger partial charge in [0.1, 0.15) is 0 Å². The molecular weight excluding hydrogens is 260 g/mol. The normalized spacial score (nSPS) is 16.0. The van der Waals surface area contributed by atoms with Gasteiger partial charge in [0.25, 0.3) is 0 Å². The number of rotatable bonds is 5. The Kier molecular flexibility index (Phi) is 5.66. The Morgan fingerprint density at radius 2 is 1.81 bits per heavy atom. The Balaban J connectivity index is 1.82. The van der Waals surface area contributed by atoms with Crippen LogP contribution in [0.4, 0.5) is 5.69 Å². The number of hydrogen-bond donors (Lipinski definition) is 1. The maximum absolute atomic E-state index is 12.3. The summed E-state index contributed by atoms with van der Waals surface area (Å²) in [5.41, 5.74) is 2.34. The van der Waals surface area contributed by atoms with E-state index in [4.69, 9.17) is 0 Å². The van der Waals surface area contributed by atoms with E-state index < -0.39 is 0 Å². The van der Waals surface area contributed by atoms with Crippen molar-refractivity contribution in [3.05, 3.63) is 29.8 Å². The Labute approximate surface area is 128 Å². The molecule has 116 valence electrons. The van der Waals surface area contributed by atoms with Crippen LogP contribution in [0.5, 0.6) is 0 Å². The zero-order valence-electron chi connectivity index (χ0n) is 13.6. The van der Waals surface area contributed by atoms with Gasteiger partial charge in [0.15, 0.2) is 0 Å².